The number of carbonyl (C=O) groups is 1. The maximum Gasteiger partial charge on any atom is 0.254 e. The normalized spacial score (nSPS) is 14.9. The van der Waals surface area contributed by atoms with E-state index in [-0.39, 0.29) is 5.91 Å². The van der Waals surface area contributed by atoms with Crippen molar-refractivity contribution in [3.05, 3.63) is 102 Å². The molecule has 1 saturated heterocycles. The number of nitrogens with one attached hydrogen (secondary N) is 1. The molecule has 0 radical (unpaired) electrons. The lowest BCUT2D eigenvalue weighted by atomic mass is 10.2. The summed E-state index contributed by atoms with van der Waals surface area (Å²) in [6, 6.07) is 28.2. The second kappa shape index (κ2) is 11.9. The van der Waals surface area contributed by atoms with Gasteiger partial charge in [-0.05, 0) is 28.8 Å². The Kier molecular flexibility index (Phi) is 8.22. The molecule has 0 saturated carbocycles. The number of nitrogens with zero attached hydrogens (tertiary/aromatic N) is 3. The van der Waals surface area contributed by atoms with Gasteiger partial charge in [-0.3, -0.25) is 14.6 Å². The van der Waals surface area contributed by atoms with E-state index in [0.29, 0.717) is 13.2 Å². The number of hydrazone groups is 1. The van der Waals surface area contributed by atoms with Crippen molar-refractivity contribution in [1.82, 2.24) is 15.2 Å². The predicted octanol–water partition coefficient (Wildman–Crippen LogP) is 3.53. The second-order valence-electron chi connectivity index (χ2n) is 8.18. The Morgan fingerprint density at radius 3 is 2.24 bits per heavy atom. The van der Waals surface area contributed by atoms with Crippen LogP contribution < -0.4 is 10.2 Å². The number of hydrogen-bond donors (Lipinski definition) is 1. The third-order valence-corrected chi connectivity index (χ3v) is 5.59. The van der Waals surface area contributed by atoms with E-state index in [0.717, 1.165) is 49.6 Å². The maximum absolute atomic E-state index is 12.3. The molecule has 0 unspecified atom stereocenters. The Morgan fingerprint density at radius 1 is 0.848 bits per heavy atom. The molecular formula is C27H30N4O2. The summed E-state index contributed by atoms with van der Waals surface area (Å²) in [7, 11) is 0. The summed E-state index contributed by atoms with van der Waals surface area (Å²) in [4.78, 5) is 16.9. The van der Waals surface area contributed by atoms with Crippen molar-refractivity contribution >= 4 is 12.1 Å². The van der Waals surface area contributed by atoms with E-state index in [4.69, 9.17) is 4.74 Å². The zero-order chi connectivity index (χ0) is 22.7. The van der Waals surface area contributed by atoms with Crippen LogP contribution in [0.5, 0.6) is 5.75 Å². The minimum absolute atomic E-state index is 0.0979. The molecule has 4 rings (SSSR count). The first-order chi connectivity index (χ1) is 16.2. The lowest BCUT2D eigenvalue weighted by Gasteiger charge is -2.34. The first-order valence-corrected chi connectivity index (χ1v) is 11.3. The number of hydrogen-bond acceptors (Lipinski definition) is 5. The van der Waals surface area contributed by atoms with Crippen molar-refractivity contribution in [2.45, 2.75) is 13.2 Å². The average molecular weight is 443 g/mol. The van der Waals surface area contributed by atoms with Crippen LogP contribution in [0.2, 0.25) is 0 Å². The smallest absolute Gasteiger partial charge is 0.254 e. The first kappa shape index (κ1) is 22.7. The van der Waals surface area contributed by atoms with Crippen LogP contribution in [0.15, 0.2) is 90.0 Å². The second-order valence-corrected chi connectivity index (χ2v) is 8.18. The lowest BCUT2D eigenvalue weighted by Crippen LogP contribution is -2.48. The van der Waals surface area contributed by atoms with Gasteiger partial charge in [0.25, 0.3) is 5.91 Å². The fourth-order valence-electron chi connectivity index (χ4n) is 3.79. The maximum atomic E-state index is 12.3. The van der Waals surface area contributed by atoms with Gasteiger partial charge in [0.05, 0.1) is 12.8 Å². The van der Waals surface area contributed by atoms with Gasteiger partial charge < -0.3 is 4.74 Å². The number of carbonyl (C=O) groups excluding carboxylic acids is 1. The highest BCUT2D eigenvalue weighted by molar-refractivity contribution is 5.83. The van der Waals surface area contributed by atoms with Crippen molar-refractivity contribution in [3.63, 3.8) is 0 Å². The van der Waals surface area contributed by atoms with Crippen molar-refractivity contribution in [3.8, 4) is 5.75 Å². The quantitative estimate of drug-likeness (QED) is 0.407. The van der Waals surface area contributed by atoms with Gasteiger partial charge in [-0.2, -0.15) is 5.10 Å². The molecule has 170 valence electrons. The Labute approximate surface area is 195 Å². The molecule has 1 heterocycles. The highest BCUT2D eigenvalue weighted by Crippen LogP contribution is 2.14. The average Bonchev–Trinajstić information content (AvgIpc) is 2.86. The lowest BCUT2D eigenvalue weighted by molar-refractivity contribution is -0.122. The van der Waals surface area contributed by atoms with E-state index in [1.54, 1.807) is 6.21 Å². The number of rotatable bonds is 9. The van der Waals surface area contributed by atoms with E-state index < -0.39 is 0 Å². The van der Waals surface area contributed by atoms with E-state index in [1.165, 1.54) is 5.56 Å². The van der Waals surface area contributed by atoms with Crippen molar-refractivity contribution in [2.75, 3.05) is 32.7 Å². The third kappa shape index (κ3) is 7.56. The van der Waals surface area contributed by atoms with Gasteiger partial charge >= 0.3 is 0 Å². The molecule has 0 aromatic heterocycles. The molecule has 3 aromatic carbocycles. The molecule has 0 atom stereocenters. The van der Waals surface area contributed by atoms with Gasteiger partial charge in [0.1, 0.15) is 12.4 Å². The SMILES string of the molecule is O=C(CN1CCN(Cc2ccccc2)CC1)NN=Cc1cccc(OCc2ccccc2)c1. The summed E-state index contributed by atoms with van der Waals surface area (Å²) in [5.74, 6) is 0.668. The van der Waals surface area contributed by atoms with Crippen LogP contribution in [-0.4, -0.2) is 54.6 Å². The zero-order valence-corrected chi connectivity index (χ0v) is 18.8. The number of ether oxygens (including phenoxy) is 1. The van der Waals surface area contributed by atoms with E-state index in [2.05, 4.69) is 44.6 Å². The molecule has 0 spiro atoms. The number of piperazine rings is 1. The molecule has 0 bridgehead atoms. The van der Waals surface area contributed by atoms with Crippen molar-refractivity contribution in [2.24, 2.45) is 5.10 Å². The standard InChI is InChI=1S/C27H30N4O2/c32-27(21-31-16-14-30(15-17-31)20-23-8-3-1-4-9-23)29-28-19-25-12-7-13-26(18-25)33-22-24-10-5-2-6-11-24/h1-13,18-19H,14-17,20-22H2,(H,29,32). The molecule has 0 aliphatic carbocycles. The highest BCUT2D eigenvalue weighted by atomic mass is 16.5. The van der Waals surface area contributed by atoms with Crippen LogP contribution in [0.4, 0.5) is 0 Å². The Bertz CT molecular complexity index is 1030. The summed E-state index contributed by atoms with van der Waals surface area (Å²) in [6.45, 7) is 5.50. The predicted molar refractivity (Wildman–Crippen MR) is 131 cm³/mol. The summed E-state index contributed by atoms with van der Waals surface area (Å²) in [5, 5.41) is 4.12. The molecule has 1 aliphatic heterocycles. The minimum atomic E-state index is -0.0979. The van der Waals surface area contributed by atoms with Gasteiger partial charge in [-0.25, -0.2) is 5.43 Å². The fourth-order valence-corrected chi connectivity index (χ4v) is 3.79. The van der Waals surface area contributed by atoms with Crippen LogP contribution in [-0.2, 0) is 17.9 Å². The van der Waals surface area contributed by atoms with Crippen LogP contribution in [0, 0.1) is 0 Å². The first-order valence-electron chi connectivity index (χ1n) is 11.3. The Hall–Kier alpha value is -3.48. The molecule has 1 amide bonds. The largest absolute Gasteiger partial charge is 0.489 e. The van der Waals surface area contributed by atoms with Crippen molar-refractivity contribution in [1.29, 1.82) is 0 Å². The van der Waals surface area contributed by atoms with Crippen LogP contribution in [0.1, 0.15) is 16.7 Å². The summed E-state index contributed by atoms with van der Waals surface area (Å²) >= 11 is 0. The van der Waals surface area contributed by atoms with E-state index >= 15 is 0 Å². The number of benzene rings is 3. The fraction of sp³-hybridized carbons (Fsp3) is 0.259. The topological polar surface area (TPSA) is 57.2 Å². The van der Waals surface area contributed by atoms with Gasteiger partial charge in [0, 0.05) is 32.7 Å². The molecule has 3 aromatic rings. The van der Waals surface area contributed by atoms with Gasteiger partial charge in [0.2, 0.25) is 0 Å². The summed E-state index contributed by atoms with van der Waals surface area (Å²) in [5.41, 5.74) is 5.95. The molecule has 6 nitrogen and oxygen atoms in total. The third-order valence-electron chi connectivity index (χ3n) is 5.59. The van der Waals surface area contributed by atoms with E-state index in [9.17, 15) is 4.79 Å². The Balaban J connectivity index is 1.17. The van der Waals surface area contributed by atoms with Crippen molar-refractivity contribution < 1.29 is 9.53 Å². The monoisotopic (exact) mass is 442 g/mol. The summed E-state index contributed by atoms with van der Waals surface area (Å²) < 4.78 is 5.85. The molecule has 1 fully saturated rings. The zero-order valence-electron chi connectivity index (χ0n) is 18.8. The summed E-state index contributed by atoms with van der Waals surface area (Å²) in [6.07, 6.45) is 1.64. The number of amides is 1. The van der Waals surface area contributed by atoms with Gasteiger partial charge in [-0.1, -0.05) is 72.8 Å². The van der Waals surface area contributed by atoms with Crippen LogP contribution in [0.25, 0.3) is 0 Å². The van der Waals surface area contributed by atoms with Crippen LogP contribution in [0.3, 0.4) is 0 Å². The van der Waals surface area contributed by atoms with Gasteiger partial charge in [-0.15, -0.1) is 0 Å². The highest BCUT2D eigenvalue weighted by Gasteiger charge is 2.18. The molecule has 6 heteroatoms. The molecular weight excluding hydrogens is 412 g/mol. The molecule has 33 heavy (non-hydrogen) atoms. The minimum Gasteiger partial charge on any atom is -0.489 e. The van der Waals surface area contributed by atoms with Crippen LogP contribution >= 0.6 is 0 Å². The molecule has 1 aliphatic rings. The molecule has 1 N–H and O–H groups in total. The van der Waals surface area contributed by atoms with Gasteiger partial charge in [0.15, 0.2) is 0 Å². The van der Waals surface area contributed by atoms with E-state index in [1.807, 2.05) is 60.7 Å². The Morgan fingerprint density at radius 2 is 1.52 bits per heavy atom.